The maximum absolute atomic E-state index is 13.6. The van der Waals surface area contributed by atoms with Crippen LogP contribution in [0.2, 0.25) is 0 Å². The molecule has 1 amide bonds. The molecule has 6 heteroatoms. The summed E-state index contributed by atoms with van der Waals surface area (Å²) < 4.78 is 39.7. The molecular formula is C16H15F3N2O. The van der Waals surface area contributed by atoms with Crippen molar-refractivity contribution in [1.82, 2.24) is 5.32 Å². The smallest absolute Gasteiger partial charge is 0.258 e. The van der Waals surface area contributed by atoms with E-state index in [-0.39, 0.29) is 0 Å². The van der Waals surface area contributed by atoms with Crippen molar-refractivity contribution < 1.29 is 18.0 Å². The van der Waals surface area contributed by atoms with Gasteiger partial charge in [-0.1, -0.05) is 25.1 Å². The van der Waals surface area contributed by atoms with Crippen molar-refractivity contribution in [3.8, 4) is 0 Å². The maximum atomic E-state index is 13.6. The third-order valence-electron chi connectivity index (χ3n) is 3.11. The van der Waals surface area contributed by atoms with Gasteiger partial charge in [-0.15, -0.1) is 0 Å². The molecule has 0 aliphatic rings. The van der Waals surface area contributed by atoms with E-state index in [1.807, 2.05) is 6.92 Å². The molecule has 116 valence electrons. The number of hydrogen-bond donors (Lipinski definition) is 2. The molecule has 3 nitrogen and oxygen atoms in total. The number of nitrogens with one attached hydrogen (secondary N) is 2. The third-order valence-corrected chi connectivity index (χ3v) is 3.11. The van der Waals surface area contributed by atoms with E-state index in [9.17, 15) is 18.0 Å². The molecule has 0 aliphatic carbocycles. The summed E-state index contributed by atoms with van der Waals surface area (Å²) in [4.78, 5) is 12.1. The van der Waals surface area contributed by atoms with Crippen LogP contribution < -0.4 is 10.6 Å². The van der Waals surface area contributed by atoms with Crippen LogP contribution in [0.3, 0.4) is 0 Å². The Labute approximate surface area is 126 Å². The number of benzene rings is 2. The van der Waals surface area contributed by atoms with Crippen molar-refractivity contribution in [3.63, 3.8) is 0 Å². The van der Waals surface area contributed by atoms with E-state index in [0.29, 0.717) is 12.2 Å². The van der Waals surface area contributed by atoms with Gasteiger partial charge < -0.3 is 10.6 Å². The molecular weight excluding hydrogens is 293 g/mol. The lowest BCUT2D eigenvalue weighted by molar-refractivity contribution is 0.102. The molecule has 0 saturated heterocycles. The molecule has 0 atom stereocenters. The summed E-state index contributed by atoms with van der Waals surface area (Å²) in [5.74, 6) is -5.32. The highest BCUT2D eigenvalue weighted by Crippen LogP contribution is 2.19. The van der Waals surface area contributed by atoms with Gasteiger partial charge in [0.15, 0.2) is 17.5 Å². The summed E-state index contributed by atoms with van der Waals surface area (Å²) in [5, 5.41) is 5.63. The van der Waals surface area contributed by atoms with Crippen molar-refractivity contribution in [1.29, 1.82) is 0 Å². The average Bonchev–Trinajstić information content (AvgIpc) is 2.52. The monoisotopic (exact) mass is 308 g/mol. The molecule has 0 radical (unpaired) electrons. The summed E-state index contributed by atoms with van der Waals surface area (Å²) in [5.41, 5.74) is 0.746. The molecule has 0 fully saturated rings. The van der Waals surface area contributed by atoms with Crippen LogP contribution >= 0.6 is 0 Å². The summed E-state index contributed by atoms with van der Waals surface area (Å²) in [6.45, 7) is 3.21. The first-order valence-electron chi connectivity index (χ1n) is 6.78. The Balaban J connectivity index is 2.24. The van der Waals surface area contributed by atoms with Gasteiger partial charge in [0.25, 0.3) is 5.91 Å². The molecule has 0 aromatic heterocycles. The molecule has 0 unspecified atom stereocenters. The minimum atomic E-state index is -1.66. The predicted octanol–water partition coefficient (Wildman–Crippen LogP) is 3.47. The van der Waals surface area contributed by atoms with Crippen molar-refractivity contribution in [2.75, 3.05) is 11.9 Å². The van der Waals surface area contributed by atoms with E-state index in [4.69, 9.17) is 0 Å². The second kappa shape index (κ2) is 7.09. The number of anilines is 1. The number of amides is 1. The highest BCUT2D eigenvalue weighted by Gasteiger charge is 2.19. The zero-order valence-corrected chi connectivity index (χ0v) is 11.9. The summed E-state index contributed by atoms with van der Waals surface area (Å²) in [6.07, 6.45) is 0. The Hall–Kier alpha value is -2.34. The van der Waals surface area contributed by atoms with Crippen molar-refractivity contribution >= 4 is 11.6 Å². The van der Waals surface area contributed by atoms with Gasteiger partial charge in [-0.25, -0.2) is 13.2 Å². The number of carbonyl (C=O) groups is 1. The molecule has 2 rings (SSSR count). The highest BCUT2D eigenvalue weighted by atomic mass is 19.2. The fourth-order valence-corrected chi connectivity index (χ4v) is 1.95. The fourth-order valence-electron chi connectivity index (χ4n) is 1.95. The van der Waals surface area contributed by atoms with Gasteiger partial charge in [-0.05, 0) is 30.3 Å². The lowest BCUT2D eigenvalue weighted by Gasteiger charge is -2.12. The molecule has 22 heavy (non-hydrogen) atoms. The zero-order valence-electron chi connectivity index (χ0n) is 11.9. The largest absolute Gasteiger partial charge is 0.322 e. The van der Waals surface area contributed by atoms with Gasteiger partial charge in [0.05, 0.1) is 5.56 Å². The fraction of sp³-hybridized carbons (Fsp3) is 0.188. The Morgan fingerprint density at radius 3 is 2.50 bits per heavy atom. The first kappa shape index (κ1) is 16.0. The Morgan fingerprint density at radius 1 is 1.05 bits per heavy atom. The highest BCUT2D eigenvalue weighted by molar-refractivity contribution is 6.04. The normalized spacial score (nSPS) is 10.5. The van der Waals surface area contributed by atoms with Gasteiger partial charge in [-0.2, -0.15) is 0 Å². The minimum Gasteiger partial charge on any atom is -0.322 e. The summed E-state index contributed by atoms with van der Waals surface area (Å²) in [6, 6.07) is 8.61. The van der Waals surface area contributed by atoms with E-state index in [1.54, 1.807) is 24.3 Å². The topological polar surface area (TPSA) is 41.1 Å². The van der Waals surface area contributed by atoms with Crippen molar-refractivity contribution in [2.45, 2.75) is 13.5 Å². The van der Waals surface area contributed by atoms with Crippen LogP contribution in [-0.4, -0.2) is 12.5 Å². The van der Waals surface area contributed by atoms with Crippen LogP contribution in [0.25, 0.3) is 0 Å². The van der Waals surface area contributed by atoms with Gasteiger partial charge in [-0.3, -0.25) is 4.79 Å². The summed E-state index contributed by atoms with van der Waals surface area (Å²) >= 11 is 0. The molecule has 2 aromatic carbocycles. The lowest BCUT2D eigenvalue weighted by Crippen LogP contribution is -2.18. The van der Waals surface area contributed by atoms with Crippen LogP contribution in [0.5, 0.6) is 0 Å². The van der Waals surface area contributed by atoms with Crippen LogP contribution in [0.15, 0.2) is 36.4 Å². The van der Waals surface area contributed by atoms with Crippen LogP contribution in [0.4, 0.5) is 18.9 Å². The van der Waals surface area contributed by atoms with E-state index < -0.39 is 28.9 Å². The maximum Gasteiger partial charge on any atom is 0.258 e. The van der Waals surface area contributed by atoms with E-state index >= 15 is 0 Å². The standard InChI is InChI=1S/C16H15F3N2O/c1-2-20-9-10-5-3-4-6-13(10)21-16(22)11-7-8-12(17)15(19)14(11)18/h3-8,20H,2,9H2,1H3,(H,21,22). The molecule has 0 spiro atoms. The van der Waals surface area contributed by atoms with Crippen molar-refractivity contribution in [2.24, 2.45) is 0 Å². The van der Waals surface area contributed by atoms with Gasteiger partial charge in [0.2, 0.25) is 0 Å². The predicted molar refractivity (Wildman–Crippen MR) is 78.1 cm³/mol. The number of hydrogen-bond acceptors (Lipinski definition) is 2. The molecule has 0 heterocycles. The van der Waals surface area contributed by atoms with Crippen molar-refractivity contribution in [3.05, 3.63) is 65.0 Å². The molecule has 2 aromatic rings. The molecule has 0 saturated carbocycles. The van der Waals surface area contributed by atoms with E-state index in [2.05, 4.69) is 10.6 Å². The first-order chi connectivity index (χ1) is 10.5. The second-order valence-electron chi connectivity index (χ2n) is 4.61. The lowest BCUT2D eigenvalue weighted by atomic mass is 10.1. The Bertz CT molecular complexity index is 689. The number of para-hydroxylation sites is 1. The third kappa shape index (κ3) is 3.46. The zero-order chi connectivity index (χ0) is 16.1. The van der Waals surface area contributed by atoms with Gasteiger partial charge in [0.1, 0.15) is 0 Å². The number of rotatable bonds is 5. The first-order valence-corrected chi connectivity index (χ1v) is 6.78. The Kier molecular flexibility index (Phi) is 5.16. The molecule has 0 aliphatic heterocycles. The quantitative estimate of drug-likeness (QED) is 0.831. The van der Waals surface area contributed by atoms with E-state index in [0.717, 1.165) is 24.2 Å². The number of halogens is 3. The number of carbonyl (C=O) groups excluding carboxylic acids is 1. The summed E-state index contributed by atoms with van der Waals surface area (Å²) in [7, 11) is 0. The second-order valence-corrected chi connectivity index (χ2v) is 4.61. The average molecular weight is 308 g/mol. The molecule has 0 bridgehead atoms. The minimum absolute atomic E-state index is 0.484. The van der Waals surface area contributed by atoms with Crippen LogP contribution in [0.1, 0.15) is 22.8 Å². The van der Waals surface area contributed by atoms with Gasteiger partial charge in [0, 0.05) is 12.2 Å². The van der Waals surface area contributed by atoms with Crippen LogP contribution in [-0.2, 0) is 6.54 Å². The van der Waals surface area contributed by atoms with E-state index in [1.165, 1.54) is 0 Å². The SMILES string of the molecule is CCNCc1ccccc1NC(=O)c1ccc(F)c(F)c1F. The van der Waals surface area contributed by atoms with Crippen LogP contribution in [0, 0.1) is 17.5 Å². The molecule has 2 N–H and O–H groups in total. The Morgan fingerprint density at radius 2 is 1.77 bits per heavy atom. The van der Waals surface area contributed by atoms with Gasteiger partial charge >= 0.3 is 0 Å².